The zero-order valence-electron chi connectivity index (χ0n) is 7.94. The van der Waals surface area contributed by atoms with Crippen LogP contribution < -0.4 is 4.74 Å². The Morgan fingerprint density at radius 1 is 1.57 bits per heavy atom. The Hall–Kier alpha value is -1.19. The maximum Gasteiger partial charge on any atom is 0.133 e. The minimum Gasteiger partial charge on any atom is -0.496 e. The summed E-state index contributed by atoms with van der Waals surface area (Å²) in [7, 11) is 1.61. The van der Waals surface area contributed by atoms with Crippen molar-refractivity contribution >= 4 is 15.9 Å². The molecule has 0 saturated carbocycles. The number of hydrogen-bond acceptors (Lipinski definition) is 2. The highest BCUT2D eigenvalue weighted by Crippen LogP contribution is 2.29. The van der Waals surface area contributed by atoms with Crippen LogP contribution in [0.15, 0.2) is 27.8 Å². The highest BCUT2D eigenvalue weighted by atomic mass is 79.9. The van der Waals surface area contributed by atoms with Crippen LogP contribution in [0.25, 0.3) is 10.4 Å². The minimum atomic E-state index is -0.165. The molecule has 0 N–H and O–H groups in total. The second-order valence-corrected chi connectivity index (χ2v) is 3.63. The first-order valence-corrected chi connectivity index (χ1v) is 4.86. The van der Waals surface area contributed by atoms with E-state index in [-0.39, 0.29) is 6.04 Å². The molecule has 1 rings (SSSR count). The van der Waals surface area contributed by atoms with Crippen molar-refractivity contribution in [2.45, 2.75) is 13.0 Å². The number of nitrogens with zero attached hydrogens (tertiary/aromatic N) is 3. The van der Waals surface area contributed by atoms with Crippen LogP contribution in [0.1, 0.15) is 18.5 Å². The van der Waals surface area contributed by atoms with E-state index in [2.05, 4.69) is 26.0 Å². The molecule has 0 aliphatic carbocycles. The second-order valence-electron chi connectivity index (χ2n) is 2.77. The zero-order valence-corrected chi connectivity index (χ0v) is 9.52. The number of methoxy groups -OCH3 is 1. The number of azide groups is 1. The van der Waals surface area contributed by atoms with Gasteiger partial charge in [-0.2, -0.15) is 0 Å². The van der Waals surface area contributed by atoms with E-state index < -0.39 is 0 Å². The predicted molar refractivity (Wildman–Crippen MR) is 58.3 cm³/mol. The van der Waals surface area contributed by atoms with Gasteiger partial charge in [0, 0.05) is 4.91 Å². The molecule has 74 valence electrons. The summed E-state index contributed by atoms with van der Waals surface area (Å²) < 4.78 is 5.95. The van der Waals surface area contributed by atoms with E-state index in [1.165, 1.54) is 0 Å². The SMILES string of the molecule is COc1ccc([C@@H](C)N=[N+]=[N-])cc1Br. The van der Waals surface area contributed by atoms with Gasteiger partial charge in [-0.15, -0.1) is 0 Å². The molecule has 0 spiro atoms. The van der Waals surface area contributed by atoms with Crippen LogP contribution >= 0.6 is 15.9 Å². The number of halogens is 1. The summed E-state index contributed by atoms with van der Waals surface area (Å²) in [5.74, 6) is 0.766. The third-order valence-electron chi connectivity index (χ3n) is 1.88. The van der Waals surface area contributed by atoms with Crippen molar-refractivity contribution in [3.05, 3.63) is 38.7 Å². The smallest absolute Gasteiger partial charge is 0.133 e. The maximum absolute atomic E-state index is 8.29. The first-order chi connectivity index (χ1) is 6.69. The van der Waals surface area contributed by atoms with E-state index in [0.29, 0.717) is 0 Å². The normalized spacial score (nSPS) is 11.6. The van der Waals surface area contributed by atoms with Crippen LogP contribution in [0.5, 0.6) is 5.75 Å². The predicted octanol–water partition coefficient (Wildman–Crippen LogP) is 3.83. The van der Waals surface area contributed by atoms with Gasteiger partial charge < -0.3 is 4.74 Å². The number of benzene rings is 1. The molecular formula is C9H10BrN3O. The van der Waals surface area contributed by atoms with Crippen molar-refractivity contribution in [2.24, 2.45) is 5.11 Å². The van der Waals surface area contributed by atoms with Gasteiger partial charge in [0.1, 0.15) is 5.75 Å². The molecule has 14 heavy (non-hydrogen) atoms. The monoisotopic (exact) mass is 255 g/mol. The van der Waals surface area contributed by atoms with Crippen molar-refractivity contribution in [1.29, 1.82) is 0 Å². The number of rotatable bonds is 3. The first-order valence-electron chi connectivity index (χ1n) is 4.06. The summed E-state index contributed by atoms with van der Waals surface area (Å²) in [6, 6.07) is 5.44. The fourth-order valence-corrected chi connectivity index (χ4v) is 1.64. The van der Waals surface area contributed by atoms with Gasteiger partial charge in [-0.05, 0) is 39.2 Å². The Balaban J connectivity index is 3.01. The average Bonchev–Trinajstić information content (AvgIpc) is 2.18. The van der Waals surface area contributed by atoms with Gasteiger partial charge in [-0.1, -0.05) is 18.1 Å². The van der Waals surface area contributed by atoms with Crippen molar-refractivity contribution in [3.63, 3.8) is 0 Å². The van der Waals surface area contributed by atoms with E-state index in [1.54, 1.807) is 7.11 Å². The summed E-state index contributed by atoms with van der Waals surface area (Å²) >= 11 is 3.37. The molecule has 5 heteroatoms. The van der Waals surface area contributed by atoms with Gasteiger partial charge in [-0.25, -0.2) is 0 Å². The molecule has 0 fully saturated rings. The topological polar surface area (TPSA) is 58.0 Å². The van der Waals surface area contributed by atoms with E-state index in [9.17, 15) is 0 Å². The van der Waals surface area contributed by atoms with E-state index in [0.717, 1.165) is 15.8 Å². The minimum absolute atomic E-state index is 0.165. The molecule has 1 atom stereocenters. The highest BCUT2D eigenvalue weighted by molar-refractivity contribution is 9.10. The first kappa shape index (κ1) is 10.9. The maximum atomic E-state index is 8.29. The molecule has 0 unspecified atom stereocenters. The number of ether oxygens (including phenoxy) is 1. The van der Waals surface area contributed by atoms with Crippen LogP contribution in [0.4, 0.5) is 0 Å². The molecule has 0 amide bonds. The van der Waals surface area contributed by atoms with Crippen LogP contribution in [-0.4, -0.2) is 7.11 Å². The molecule has 0 saturated heterocycles. The molecule has 0 aromatic heterocycles. The lowest BCUT2D eigenvalue weighted by Gasteiger charge is -2.08. The molecular weight excluding hydrogens is 246 g/mol. The van der Waals surface area contributed by atoms with Gasteiger partial charge >= 0.3 is 0 Å². The van der Waals surface area contributed by atoms with Crippen molar-refractivity contribution in [3.8, 4) is 5.75 Å². The molecule has 0 bridgehead atoms. The van der Waals surface area contributed by atoms with E-state index in [1.807, 2.05) is 25.1 Å². The standard InChI is InChI=1S/C9H10BrN3O/c1-6(12-13-11)7-3-4-9(14-2)8(10)5-7/h3-6H,1-2H3/t6-/m1/s1. The summed E-state index contributed by atoms with van der Waals surface area (Å²) in [5, 5.41) is 3.61. The van der Waals surface area contributed by atoms with E-state index in [4.69, 9.17) is 10.3 Å². The summed E-state index contributed by atoms with van der Waals surface area (Å²) in [4.78, 5) is 2.76. The molecule has 0 radical (unpaired) electrons. The van der Waals surface area contributed by atoms with Crippen molar-refractivity contribution in [2.75, 3.05) is 7.11 Å². The van der Waals surface area contributed by atoms with Crippen molar-refractivity contribution < 1.29 is 4.74 Å². The third-order valence-corrected chi connectivity index (χ3v) is 2.50. The van der Waals surface area contributed by atoms with Gasteiger partial charge in [0.2, 0.25) is 0 Å². The fraction of sp³-hybridized carbons (Fsp3) is 0.333. The van der Waals surface area contributed by atoms with Crippen LogP contribution in [0.3, 0.4) is 0 Å². The van der Waals surface area contributed by atoms with Gasteiger partial charge in [0.25, 0.3) is 0 Å². The van der Waals surface area contributed by atoms with Crippen LogP contribution in [-0.2, 0) is 0 Å². The summed E-state index contributed by atoms with van der Waals surface area (Å²) in [5.41, 5.74) is 9.24. The second kappa shape index (κ2) is 4.88. The number of hydrogen-bond donors (Lipinski definition) is 0. The van der Waals surface area contributed by atoms with Crippen molar-refractivity contribution in [1.82, 2.24) is 0 Å². The Bertz CT molecular complexity index is 374. The van der Waals surface area contributed by atoms with Crippen LogP contribution in [0, 0.1) is 0 Å². The molecule has 1 aromatic rings. The molecule has 0 aliphatic heterocycles. The quantitative estimate of drug-likeness (QED) is 0.460. The van der Waals surface area contributed by atoms with Gasteiger partial charge in [0.05, 0.1) is 17.6 Å². The molecule has 0 aliphatic rings. The van der Waals surface area contributed by atoms with Gasteiger partial charge in [0.15, 0.2) is 0 Å². The Morgan fingerprint density at radius 2 is 2.29 bits per heavy atom. The van der Waals surface area contributed by atoms with E-state index >= 15 is 0 Å². The lowest BCUT2D eigenvalue weighted by atomic mass is 10.1. The molecule has 1 aromatic carbocycles. The Kier molecular flexibility index (Phi) is 3.80. The Labute approximate surface area is 90.6 Å². The van der Waals surface area contributed by atoms with Gasteiger partial charge in [-0.3, -0.25) is 0 Å². The lowest BCUT2D eigenvalue weighted by molar-refractivity contribution is 0.412. The average molecular weight is 256 g/mol. The molecule has 4 nitrogen and oxygen atoms in total. The van der Waals surface area contributed by atoms with Crippen LogP contribution in [0.2, 0.25) is 0 Å². The molecule has 0 heterocycles. The Morgan fingerprint density at radius 3 is 2.79 bits per heavy atom. The zero-order chi connectivity index (χ0) is 10.6. The third kappa shape index (κ3) is 2.40. The fourth-order valence-electron chi connectivity index (χ4n) is 1.09. The highest BCUT2D eigenvalue weighted by Gasteiger charge is 2.06. The summed E-state index contributed by atoms with van der Waals surface area (Å²) in [6.07, 6.45) is 0. The summed E-state index contributed by atoms with van der Waals surface area (Å²) in [6.45, 7) is 1.84. The lowest BCUT2D eigenvalue weighted by Crippen LogP contribution is -1.90. The largest absolute Gasteiger partial charge is 0.496 e.